The molecule has 2 heterocycles. The molecule has 1 saturated heterocycles. The molecular weight excluding hydrogens is 266 g/mol. The van der Waals surface area contributed by atoms with Gasteiger partial charge < -0.3 is 14.5 Å². The molecular formula is C17H21NO3. The maximum Gasteiger partial charge on any atom is 0.167 e. The van der Waals surface area contributed by atoms with Crippen LogP contribution in [0.3, 0.4) is 0 Å². The Balaban J connectivity index is 1.85. The molecule has 112 valence electrons. The van der Waals surface area contributed by atoms with Gasteiger partial charge in [0.1, 0.15) is 5.75 Å². The highest BCUT2D eigenvalue weighted by molar-refractivity contribution is 6.08. The van der Waals surface area contributed by atoms with E-state index in [4.69, 9.17) is 9.47 Å². The van der Waals surface area contributed by atoms with Gasteiger partial charge in [0.15, 0.2) is 5.78 Å². The van der Waals surface area contributed by atoms with Gasteiger partial charge >= 0.3 is 0 Å². The fraction of sp³-hybridized carbons (Fsp3) is 0.471. The first kappa shape index (κ1) is 14.1. The van der Waals surface area contributed by atoms with Crippen molar-refractivity contribution in [2.24, 2.45) is 0 Å². The van der Waals surface area contributed by atoms with Crippen molar-refractivity contribution >= 4 is 16.7 Å². The third-order valence-electron chi connectivity index (χ3n) is 3.76. The quantitative estimate of drug-likeness (QED) is 0.853. The van der Waals surface area contributed by atoms with E-state index >= 15 is 0 Å². The number of aromatic nitrogens is 1. The van der Waals surface area contributed by atoms with Crippen molar-refractivity contribution in [3.63, 3.8) is 0 Å². The third-order valence-corrected chi connectivity index (χ3v) is 3.76. The van der Waals surface area contributed by atoms with Gasteiger partial charge in [-0.1, -0.05) is 0 Å². The Hall–Kier alpha value is -1.81. The predicted octanol–water partition coefficient (Wildman–Crippen LogP) is 3.71. The zero-order chi connectivity index (χ0) is 14.8. The first-order valence-electron chi connectivity index (χ1n) is 7.56. The second kappa shape index (κ2) is 5.90. The van der Waals surface area contributed by atoms with Gasteiger partial charge in [0.25, 0.3) is 0 Å². The van der Waals surface area contributed by atoms with E-state index in [9.17, 15) is 4.79 Å². The van der Waals surface area contributed by atoms with Crippen molar-refractivity contribution in [3.05, 3.63) is 30.0 Å². The van der Waals surface area contributed by atoms with E-state index in [2.05, 4.69) is 4.98 Å². The highest BCUT2D eigenvalue weighted by atomic mass is 16.5. The maximum absolute atomic E-state index is 12.5. The van der Waals surface area contributed by atoms with Crippen molar-refractivity contribution in [1.29, 1.82) is 0 Å². The minimum Gasteiger partial charge on any atom is -0.491 e. The molecule has 1 fully saturated rings. The number of carbonyl (C=O) groups excluding carboxylic acids is 1. The predicted molar refractivity (Wildman–Crippen MR) is 82.0 cm³/mol. The second-order valence-electron chi connectivity index (χ2n) is 5.84. The monoisotopic (exact) mass is 287 g/mol. The minimum atomic E-state index is 0.0811. The van der Waals surface area contributed by atoms with Crippen LogP contribution < -0.4 is 4.74 Å². The minimum absolute atomic E-state index is 0.0811. The lowest BCUT2D eigenvalue weighted by molar-refractivity contribution is 0.0777. The van der Waals surface area contributed by atoms with Gasteiger partial charge in [-0.3, -0.25) is 4.79 Å². The van der Waals surface area contributed by atoms with Gasteiger partial charge in [0, 0.05) is 35.7 Å². The summed E-state index contributed by atoms with van der Waals surface area (Å²) in [6.07, 6.45) is 4.49. The molecule has 1 N–H and O–H groups in total. The molecule has 0 saturated carbocycles. The van der Waals surface area contributed by atoms with Gasteiger partial charge in [0.2, 0.25) is 0 Å². The van der Waals surface area contributed by atoms with Crippen molar-refractivity contribution in [2.45, 2.75) is 45.3 Å². The molecule has 0 spiro atoms. The molecule has 0 amide bonds. The maximum atomic E-state index is 12.5. The summed E-state index contributed by atoms with van der Waals surface area (Å²) in [5, 5.41) is 0.927. The molecule has 3 rings (SSSR count). The van der Waals surface area contributed by atoms with Crippen molar-refractivity contribution in [1.82, 2.24) is 4.98 Å². The fourth-order valence-electron chi connectivity index (χ4n) is 2.80. The van der Waals surface area contributed by atoms with Crippen LogP contribution in [0, 0.1) is 0 Å². The van der Waals surface area contributed by atoms with Crippen LogP contribution in [0.2, 0.25) is 0 Å². The van der Waals surface area contributed by atoms with Gasteiger partial charge in [-0.05, 0) is 44.9 Å². The molecule has 0 radical (unpaired) electrons. The number of ether oxygens (including phenoxy) is 2. The number of ketones is 1. The number of carbonyl (C=O) groups is 1. The van der Waals surface area contributed by atoms with E-state index in [1.165, 1.54) is 0 Å². The summed E-state index contributed by atoms with van der Waals surface area (Å²) in [6, 6.07) is 5.82. The van der Waals surface area contributed by atoms with Gasteiger partial charge in [-0.25, -0.2) is 0 Å². The van der Waals surface area contributed by atoms with Crippen LogP contribution in [0.25, 0.3) is 10.9 Å². The highest BCUT2D eigenvalue weighted by Gasteiger charge is 2.21. The van der Waals surface area contributed by atoms with Gasteiger partial charge in [0.05, 0.1) is 12.2 Å². The lowest BCUT2D eigenvalue weighted by atomic mass is 10.0. The third kappa shape index (κ3) is 3.10. The first-order chi connectivity index (χ1) is 10.1. The molecule has 1 aliphatic heterocycles. The molecule has 1 aliphatic rings. The molecule has 0 aliphatic carbocycles. The SMILES string of the molecule is CC(C)Oc1ccc2[nH]cc(C(=O)CC3CCCO3)c2c1. The topological polar surface area (TPSA) is 51.3 Å². The molecule has 1 atom stereocenters. The van der Waals surface area contributed by atoms with Gasteiger partial charge in [-0.15, -0.1) is 0 Å². The lowest BCUT2D eigenvalue weighted by Crippen LogP contribution is -2.12. The Bertz CT molecular complexity index is 639. The summed E-state index contributed by atoms with van der Waals surface area (Å²) in [4.78, 5) is 15.6. The number of rotatable bonds is 5. The molecule has 21 heavy (non-hydrogen) atoms. The first-order valence-corrected chi connectivity index (χ1v) is 7.56. The summed E-state index contributed by atoms with van der Waals surface area (Å²) in [5.74, 6) is 0.929. The van der Waals surface area contributed by atoms with Crippen LogP contribution in [0.15, 0.2) is 24.4 Å². The van der Waals surface area contributed by atoms with Crippen molar-refractivity contribution in [2.75, 3.05) is 6.61 Å². The van der Waals surface area contributed by atoms with E-state index in [1.54, 1.807) is 6.20 Å². The van der Waals surface area contributed by atoms with Crippen LogP contribution >= 0.6 is 0 Å². The van der Waals surface area contributed by atoms with E-state index in [0.29, 0.717) is 6.42 Å². The van der Waals surface area contributed by atoms with Crippen LogP contribution in [0.5, 0.6) is 5.75 Å². The van der Waals surface area contributed by atoms with E-state index in [0.717, 1.165) is 41.7 Å². The van der Waals surface area contributed by atoms with Crippen LogP contribution in [0.4, 0.5) is 0 Å². The summed E-state index contributed by atoms with van der Waals surface area (Å²) in [7, 11) is 0. The smallest absolute Gasteiger partial charge is 0.167 e. The molecule has 1 aromatic carbocycles. The molecule has 4 nitrogen and oxygen atoms in total. The van der Waals surface area contributed by atoms with E-state index in [-0.39, 0.29) is 18.0 Å². The summed E-state index contributed by atoms with van der Waals surface area (Å²) in [6.45, 7) is 4.76. The summed E-state index contributed by atoms with van der Waals surface area (Å²) >= 11 is 0. The molecule has 4 heteroatoms. The van der Waals surface area contributed by atoms with Crippen LogP contribution in [0.1, 0.15) is 43.5 Å². The normalized spacial score (nSPS) is 18.5. The van der Waals surface area contributed by atoms with Crippen molar-refractivity contribution < 1.29 is 14.3 Å². The van der Waals surface area contributed by atoms with Gasteiger partial charge in [-0.2, -0.15) is 0 Å². The number of Topliss-reactive ketones (excluding diaryl/α,β-unsaturated/α-hetero) is 1. The Morgan fingerprint density at radius 3 is 3.05 bits per heavy atom. The standard InChI is InChI=1S/C17H21NO3/c1-11(2)21-13-5-6-16-14(8-13)15(10-18-16)17(19)9-12-4-3-7-20-12/h5-6,8,10-12,18H,3-4,7,9H2,1-2H3. The zero-order valence-corrected chi connectivity index (χ0v) is 12.5. The highest BCUT2D eigenvalue weighted by Crippen LogP contribution is 2.27. The second-order valence-corrected chi connectivity index (χ2v) is 5.84. The number of H-pyrrole nitrogens is 1. The Kier molecular flexibility index (Phi) is 3.97. The number of aromatic amines is 1. The zero-order valence-electron chi connectivity index (χ0n) is 12.5. The number of hydrogen-bond donors (Lipinski definition) is 1. The van der Waals surface area contributed by atoms with Crippen LogP contribution in [-0.4, -0.2) is 29.6 Å². The largest absolute Gasteiger partial charge is 0.491 e. The van der Waals surface area contributed by atoms with Crippen molar-refractivity contribution in [3.8, 4) is 5.75 Å². The van der Waals surface area contributed by atoms with E-state index in [1.807, 2.05) is 32.0 Å². The molecule has 0 bridgehead atoms. The molecule has 2 aromatic rings. The number of hydrogen-bond acceptors (Lipinski definition) is 3. The Labute approximate surface area is 124 Å². The number of benzene rings is 1. The molecule has 1 aromatic heterocycles. The summed E-state index contributed by atoms with van der Waals surface area (Å²) < 4.78 is 11.3. The molecule has 1 unspecified atom stereocenters. The number of nitrogens with one attached hydrogen (secondary N) is 1. The lowest BCUT2D eigenvalue weighted by Gasteiger charge is -2.10. The van der Waals surface area contributed by atoms with Crippen LogP contribution in [-0.2, 0) is 4.74 Å². The Morgan fingerprint density at radius 2 is 2.33 bits per heavy atom. The number of fused-ring (bicyclic) bond motifs is 1. The summed E-state index contributed by atoms with van der Waals surface area (Å²) in [5.41, 5.74) is 1.69. The average Bonchev–Trinajstić information content (AvgIpc) is 3.06. The average molecular weight is 287 g/mol. The Morgan fingerprint density at radius 1 is 1.48 bits per heavy atom. The van der Waals surface area contributed by atoms with E-state index < -0.39 is 0 Å². The fourth-order valence-corrected chi connectivity index (χ4v) is 2.80.